The number of rotatable bonds is 4. The first kappa shape index (κ1) is 16.0. The molecule has 1 aliphatic rings. The molecule has 1 amide bonds. The van der Waals surface area contributed by atoms with E-state index in [-0.39, 0.29) is 18.6 Å². The number of nitrogens with one attached hydrogen (secondary N) is 1. The predicted octanol–water partition coefficient (Wildman–Crippen LogP) is 1.33. The number of sulfone groups is 1. The predicted molar refractivity (Wildman–Crippen MR) is 82.4 cm³/mol. The summed E-state index contributed by atoms with van der Waals surface area (Å²) in [6.45, 7) is 5.36. The van der Waals surface area contributed by atoms with Crippen LogP contribution in [0.5, 0.6) is 0 Å². The molecule has 0 spiro atoms. The van der Waals surface area contributed by atoms with E-state index < -0.39 is 20.6 Å². The minimum absolute atomic E-state index is 0.0783. The molecule has 1 aliphatic heterocycles. The van der Waals surface area contributed by atoms with E-state index in [4.69, 9.17) is 0 Å². The molecule has 2 rings (SSSR count). The Labute approximate surface area is 126 Å². The molecule has 21 heavy (non-hydrogen) atoms. The molecule has 6 heteroatoms. The standard InChI is InChI=1S/C15H22N2O3S/c1-11-16-13(12-8-6-5-7-9-12)14(18)17(11)10-15(2,3)21(4,19)20/h5-9,11,13,16H,10H2,1-4H3. The lowest BCUT2D eigenvalue weighted by atomic mass is 10.1. The van der Waals surface area contributed by atoms with E-state index in [0.717, 1.165) is 5.56 Å². The van der Waals surface area contributed by atoms with Crippen LogP contribution in [0.25, 0.3) is 0 Å². The quantitative estimate of drug-likeness (QED) is 0.911. The zero-order chi connectivity index (χ0) is 15.8. The van der Waals surface area contributed by atoms with Gasteiger partial charge in [0.1, 0.15) is 6.04 Å². The molecule has 0 aromatic heterocycles. The number of benzene rings is 1. The summed E-state index contributed by atoms with van der Waals surface area (Å²) >= 11 is 0. The normalized spacial score (nSPS) is 23.6. The van der Waals surface area contributed by atoms with Crippen LogP contribution < -0.4 is 5.32 Å². The van der Waals surface area contributed by atoms with E-state index in [1.807, 2.05) is 37.3 Å². The maximum absolute atomic E-state index is 12.6. The van der Waals surface area contributed by atoms with Crippen molar-refractivity contribution in [2.75, 3.05) is 12.8 Å². The van der Waals surface area contributed by atoms with Crippen molar-refractivity contribution in [3.63, 3.8) is 0 Å². The van der Waals surface area contributed by atoms with Crippen molar-refractivity contribution in [2.45, 2.75) is 37.7 Å². The summed E-state index contributed by atoms with van der Waals surface area (Å²) in [6, 6.07) is 9.06. The van der Waals surface area contributed by atoms with Crippen LogP contribution in [0.3, 0.4) is 0 Å². The second-order valence-corrected chi connectivity index (χ2v) is 8.83. The third-order valence-corrected chi connectivity index (χ3v) is 6.23. The fourth-order valence-corrected chi connectivity index (χ4v) is 2.76. The molecule has 0 saturated carbocycles. The lowest BCUT2D eigenvalue weighted by Gasteiger charge is -2.30. The summed E-state index contributed by atoms with van der Waals surface area (Å²) in [5, 5.41) is 3.23. The van der Waals surface area contributed by atoms with Gasteiger partial charge in [0.15, 0.2) is 9.84 Å². The Balaban J connectivity index is 2.22. The van der Waals surface area contributed by atoms with Crippen LogP contribution in [0.2, 0.25) is 0 Å². The lowest BCUT2D eigenvalue weighted by molar-refractivity contribution is -0.130. The zero-order valence-electron chi connectivity index (χ0n) is 12.8. The topological polar surface area (TPSA) is 66.5 Å². The van der Waals surface area contributed by atoms with Gasteiger partial charge >= 0.3 is 0 Å². The molecule has 1 fully saturated rings. The molecule has 2 unspecified atom stereocenters. The minimum Gasteiger partial charge on any atom is -0.324 e. The number of amides is 1. The lowest BCUT2D eigenvalue weighted by Crippen LogP contribution is -2.47. The molecule has 1 aromatic rings. The first-order valence-electron chi connectivity index (χ1n) is 6.94. The Kier molecular flexibility index (Phi) is 4.13. The van der Waals surface area contributed by atoms with E-state index in [1.165, 1.54) is 6.26 Å². The van der Waals surface area contributed by atoms with Gasteiger partial charge in [-0.15, -0.1) is 0 Å². The maximum Gasteiger partial charge on any atom is 0.245 e. The number of nitrogens with zero attached hydrogens (tertiary/aromatic N) is 1. The number of carbonyl (C=O) groups excluding carboxylic acids is 1. The molecular weight excluding hydrogens is 288 g/mol. The molecule has 1 aromatic carbocycles. The van der Waals surface area contributed by atoms with Crippen molar-refractivity contribution in [1.29, 1.82) is 0 Å². The highest BCUT2D eigenvalue weighted by Crippen LogP contribution is 2.27. The maximum atomic E-state index is 12.6. The van der Waals surface area contributed by atoms with Crippen molar-refractivity contribution in [2.24, 2.45) is 0 Å². The summed E-state index contributed by atoms with van der Waals surface area (Å²) in [4.78, 5) is 14.2. The molecule has 2 atom stereocenters. The number of hydrogen-bond acceptors (Lipinski definition) is 4. The van der Waals surface area contributed by atoms with Crippen molar-refractivity contribution in [1.82, 2.24) is 10.2 Å². The number of carbonyl (C=O) groups is 1. The fraction of sp³-hybridized carbons (Fsp3) is 0.533. The Morgan fingerprint density at radius 3 is 2.33 bits per heavy atom. The monoisotopic (exact) mass is 310 g/mol. The van der Waals surface area contributed by atoms with E-state index >= 15 is 0 Å². The summed E-state index contributed by atoms with van der Waals surface area (Å²) in [7, 11) is -3.24. The first-order valence-corrected chi connectivity index (χ1v) is 8.84. The van der Waals surface area contributed by atoms with Gasteiger partial charge in [-0.25, -0.2) is 8.42 Å². The molecule has 1 N–H and O–H groups in total. The van der Waals surface area contributed by atoms with Gasteiger partial charge in [0.25, 0.3) is 0 Å². The van der Waals surface area contributed by atoms with Gasteiger partial charge in [-0.05, 0) is 26.3 Å². The van der Waals surface area contributed by atoms with Crippen LogP contribution in [0, 0.1) is 0 Å². The largest absolute Gasteiger partial charge is 0.324 e. The highest BCUT2D eigenvalue weighted by molar-refractivity contribution is 7.92. The van der Waals surface area contributed by atoms with Gasteiger partial charge in [-0.1, -0.05) is 30.3 Å². The second-order valence-electron chi connectivity index (χ2n) is 6.18. The first-order chi connectivity index (χ1) is 9.63. The van der Waals surface area contributed by atoms with Crippen molar-refractivity contribution >= 4 is 15.7 Å². The summed E-state index contributed by atoms with van der Waals surface area (Å²) in [5.41, 5.74) is 0.897. The zero-order valence-corrected chi connectivity index (χ0v) is 13.6. The van der Waals surface area contributed by atoms with Gasteiger partial charge in [0.05, 0.1) is 10.9 Å². The van der Waals surface area contributed by atoms with Crippen molar-refractivity contribution < 1.29 is 13.2 Å². The van der Waals surface area contributed by atoms with E-state index in [2.05, 4.69) is 5.32 Å². The van der Waals surface area contributed by atoms with E-state index in [1.54, 1.807) is 18.7 Å². The summed E-state index contributed by atoms with van der Waals surface area (Å²) < 4.78 is 22.7. The molecule has 1 heterocycles. The Morgan fingerprint density at radius 1 is 1.24 bits per heavy atom. The van der Waals surface area contributed by atoms with Gasteiger partial charge < -0.3 is 4.90 Å². The summed E-state index contributed by atoms with van der Waals surface area (Å²) in [5.74, 6) is -0.0783. The second kappa shape index (κ2) is 5.42. The van der Waals surface area contributed by atoms with E-state index in [9.17, 15) is 13.2 Å². The Bertz CT molecular complexity index is 626. The van der Waals surface area contributed by atoms with Crippen LogP contribution in [0.4, 0.5) is 0 Å². The van der Waals surface area contributed by atoms with Gasteiger partial charge in [-0.3, -0.25) is 10.1 Å². The SMILES string of the molecule is CC1NC(c2ccccc2)C(=O)N1CC(C)(C)S(C)(=O)=O. The van der Waals surface area contributed by atoms with Gasteiger partial charge in [0.2, 0.25) is 5.91 Å². The molecule has 1 saturated heterocycles. The average molecular weight is 310 g/mol. The summed E-state index contributed by atoms with van der Waals surface area (Å²) in [6.07, 6.45) is 1.02. The third-order valence-electron chi connectivity index (χ3n) is 4.09. The molecule has 0 aliphatic carbocycles. The van der Waals surface area contributed by atoms with E-state index in [0.29, 0.717) is 0 Å². The average Bonchev–Trinajstić information content (AvgIpc) is 2.66. The molecular formula is C15H22N2O3S. The number of hydrogen-bond donors (Lipinski definition) is 1. The molecule has 0 radical (unpaired) electrons. The highest BCUT2D eigenvalue weighted by Gasteiger charge is 2.42. The molecule has 116 valence electrons. The highest BCUT2D eigenvalue weighted by atomic mass is 32.2. The van der Waals surface area contributed by atoms with Crippen molar-refractivity contribution in [3.05, 3.63) is 35.9 Å². The van der Waals surface area contributed by atoms with Crippen LogP contribution in [0.1, 0.15) is 32.4 Å². The fourth-order valence-electron chi connectivity index (χ4n) is 2.39. The Morgan fingerprint density at radius 2 is 1.81 bits per heavy atom. The smallest absolute Gasteiger partial charge is 0.245 e. The molecule has 0 bridgehead atoms. The Hall–Kier alpha value is -1.40. The van der Waals surface area contributed by atoms with Gasteiger partial charge in [-0.2, -0.15) is 0 Å². The van der Waals surface area contributed by atoms with Crippen LogP contribution in [-0.2, 0) is 14.6 Å². The van der Waals surface area contributed by atoms with Crippen LogP contribution in [-0.4, -0.2) is 42.9 Å². The minimum atomic E-state index is -3.24. The van der Waals surface area contributed by atoms with Gasteiger partial charge in [0, 0.05) is 12.8 Å². The third kappa shape index (κ3) is 3.11. The van der Waals surface area contributed by atoms with Crippen LogP contribution >= 0.6 is 0 Å². The van der Waals surface area contributed by atoms with Crippen molar-refractivity contribution in [3.8, 4) is 0 Å². The van der Waals surface area contributed by atoms with Crippen LogP contribution in [0.15, 0.2) is 30.3 Å². The molecule has 5 nitrogen and oxygen atoms in total.